The van der Waals surface area contributed by atoms with Crippen molar-refractivity contribution in [2.24, 2.45) is 0 Å². The molecule has 124 valence electrons. The Morgan fingerprint density at radius 2 is 2.08 bits per heavy atom. The van der Waals surface area contributed by atoms with Crippen molar-refractivity contribution in [2.45, 2.75) is 12.5 Å². The number of hydrogen-bond acceptors (Lipinski definition) is 6. The largest absolute Gasteiger partial charge is 0.384 e. The van der Waals surface area contributed by atoms with E-state index in [1.54, 1.807) is 48.3 Å². The summed E-state index contributed by atoms with van der Waals surface area (Å²) in [5.41, 5.74) is 5.21. The van der Waals surface area contributed by atoms with Gasteiger partial charge in [0.05, 0.1) is 0 Å². The molecule has 0 saturated carbocycles. The quantitative estimate of drug-likeness (QED) is 0.656. The molecule has 2 aromatic heterocycles. The number of anilines is 2. The average Bonchev–Trinajstić information content (AvgIpc) is 3.07. The summed E-state index contributed by atoms with van der Waals surface area (Å²) in [6, 6.07) is 10.7. The maximum absolute atomic E-state index is 10.7. The van der Waals surface area contributed by atoms with Crippen LogP contribution >= 0.6 is 11.6 Å². The summed E-state index contributed by atoms with van der Waals surface area (Å²) in [6.07, 6.45) is 3.40. The summed E-state index contributed by atoms with van der Waals surface area (Å²) in [7, 11) is 0. The summed E-state index contributed by atoms with van der Waals surface area (Å²) in [6.45, 7) is 1.88. The van der Waals surface area contributed by atoms with E-state index in [-0.39, 0.29) is 12.5 Å². The normalized spacial score (nSPS) is 13.5. The van der Waals surface area contributed by atoms with E-state index in [1.807, 2.05) is 12.1 Å². The highest BCUT2D eigenvalue weighted by molar-refractivity contribution is 6.31. The Bertz CT molecular complexity index is 834. The third-order valence-corrected chi connectivity index (χ3v) is 3.87. The van der Waals surface area contributed by atoms with E-state index in [1.165, 1.54) is 0 Å². The minimum absolute atomic E-state index is 0.114. The first-order valence-corrected chi connectivity index (χ1v) is 7.69. The second-order valence-electron chi connectivity index (χ2n) is 5.53. The van der Waals surface area contributed by atoms with E-state index >= 15 is 0 Å². The Morgan fingerprint density at radius 3 is 2.79 bits per heavy atom. The standard InChI is InChI=1S/C16H17ClN6O/c1-16(24,11-5-2-3-6-12(11)17)10-19-13-9-14(22-15(18)21-13)23-8-4-7-20-23/h2-9,24H,10H2,1H3,(H3,18,19,21,22). The van der Waals surface area contributed by atoms with Crippen molar-refractivity contribution in [3.8, 4) is 5.82 Å². The number of aliphatic hydroxyl groups is 1. The first-order valence-electron chi connectivity index (χ1n) is 7.31. The van der Waals surface area contributed by atoms with Gasteiger partial charge in [-0.2, -0.15) is 15.1 Å². The van der Waals surface area contributed by atoms with Crippen LogP contribution in [-0.4, -0.2) is 31.4 Å². The summed E-state index contributed by atoms with van der Waals surface area (Å²) < 4.78 is 1.58. The molecule has 8 heteroatoms. The van der Waals surface area contributed by atoms with Crippen LogP contribution in [0.4, 0.5) is 11.8 Å². The lowest BCUT2D eigenvalue weighted by molar-refractivity contribution is 0.0715. The molecule has 1 unspecified atom stereocenters. The fourth-order valence-electron chi connectivity index (χ4n) is 2.32. The molecule has 0 radical (unpaired) electrons. The van der Waals surface area contributed by atoms with Crippen LogP contribution in [0, 0.1) is 0 Å². The highest BCUT2D eigenvalue weighted by atomic mass is 35.5. The Hall–Kier alpha value is -2.64. The third-order valence-electron chi connectivity index (χ3n) is 3.54. The number of nitrogens with one attached hydrogen (secondary N) is 1. The lowest BCUT2D eigenvalue weighted by Crippen LogP contribution is -2.31. The van der Waals surface area contributed by atoms with Crippen molar-refractivity contribution in [3.05, 3.63) is 59.4 Å². The molecule has 2 heterocycles. The fourth-order valence-corrected chi connectivity index (χ4v) is 2.66. The van der Waals surface area contributed by atoms with Gasteiger partial charge in [0.2, 0.25) is 5.95 Å². The smallest absolute Gasteiger partial charge is 0.224 e. The van der Waals surface area contributed by atoms with Gasteiger partial charge in [-0.25, -0.2) is 4.68 Å². The molecule has 0 bridgehead atoms. The second-order valence-corrected chi connectivity index (χ2v) is 5.93. The van der Waals surface area contributed by atoms with Crippen LogP contribution in [0.3, 0.4) is 0 Å². The van der Waals surface area contributed by atoms with Gasteiger partial charge in [0.15, 0.2) is 5.82 Å². The predicted octanol–water partition coefficient (Wildman–Crippen LogP) is 2.22. The zero-order chi connectivity index (χ0) is 17.2. The molecule has 0 spiro atoms. The molecule has 0 fully saturated rings. The highest BCUT2D eigenvalue weighted by Crippen LogP contribution is 2.28. The average molecular weight is 345 g/mol. The molecule has 24 heavy (non-hydrogen) atoms. The van der Waals surface area contributed by atoms with Crippen LogP contribution < -0.4 is 11.1 Å². The number of aromatic nitrogens is 4. The molecule has 7 nitrogen and oxygen atoms in total. The number of rotatable bonds is 5. The summed E-state index contributed by atoms with van der Waals surface area (Å²) in [5, 5.41) is 18.4. The van der Waals surface area contributed by atoms with Crippen molar-refractivity contribution < 1.29 is 5.11 Å². The van der Waals surface area contributed by atoms with Gasteiger partial charge in [0.25, 0.3) is 0 Å². The lowest BCUT2D eigenvalue weighted by atomic mass is 9.96. The van der Waals surface area contributed by atoms with Gasteiger partial charge < -0.3 is 16.2 Å². The van der Waals surface area contributed by atoms with E-state index in [9.17, 15) is 5.11 Å². The Labute approximate surface area is 144 Å². The van der Waals surface area contributed by atoms with Crippen LogP contribution in [-0.2, 0) is 5.60 Å². The van der Waals surface area contributed by atoms with Gasteiger partial charge in [-0.3, -0.25) is 0 Å². The van der Waals surface area contributed by atoms with Crippen LogP contribution in [0.5, 0.6) is 0 Å². The van der Waals surface area contributed by atoms with Crippen molar-refractivity contribution >= 4 is 23.4 Å². The molecule has 3 rings (SSSR count). The molecule has 0 aliphatic heterocycles. The van der Waals surface area contributed by atoms with Gasteiger partial charge in [-0.15, -0.1) is 0 Å². The zero-order valence-corrected chi connectivity index (χ0v) is 13.8. The highest BCUT2D eigenvalue weighted by Gasteiger charge is 2.25. The first-order chi connectivity index (χ1) is 11.5. The number of nitrogens with two attached hydrogens (primary N) is 1. The van der Waals surface area contributed by atoms with Gasteiger partial charge in [0.1, 0.15) is 11.4 Å². The van der Waals surface area contributed by atoms with Crippen molar-refractivity contribution in [2.75, 3.05) is 17.6 Å². The van der Waals surface area contributed by atoms with E-state index in [2.05, 4.69) is 20.4 Å². The first kappa shape index (κ1) is 16.2. The number of halogens is 1. The molecular weight excluding hydrogens is 328 g/mol. The van der Waals surface area contributed by atoms with Crippen LogP contribution in [0.25, 0.3) is 5.82 Å². The molecular formula is C16H17ClN6O. The minimum atomic E-state index is -1.18. The Morgan fingerprint density at radius 1 is 1.29 bits per heavy atom. The summed E-state index contributed by atoms with van der Waals surface area (Å²) >= 11 is 6.16. The molecule has 0 aliphatic rings. The Balaban J connectivity index is 1.81. The summed E-state index contributed by atoms with van der Waals surface area (Å²) in [4.78, 5) is 8.27. The van der Waals surface area contributed by atoms with E-state index in [4.69, 9.17) is 17.3 Å². The van der Waals surface area contributed by atoms with Gasteiger partial charge in [-0.05, 0) is 19.1 Å². The zero-order valence-electron chi connectivity index (χ0n) is 13.0. The molecule has 0 saturated heterocycles. The molecule has 3 aromatic rings. The molecule has 4 N–H and O–H groups in total. The summed E-state index contributed by atoms with van der Waals surface area (Å²) in [5.74, 6) is 1.13. The Kier molecular flexibility index (Phi) is 4.37. The number of nitrogens with zero attached hydrogens (tertiary/aromatic N) is 4. The van der Waals surface area contributed by atoms with E-state index in [0.29, 0.717) is 22.2 Å². The van der Waals surface area contributed by atoms with Crippen molar-refractivity contribution in [1.29, 1.82) is 0 Å². The van der Waals surface area contributed by atoms with E-state index in [0.717, 1.165) is 0 Å². The van der Waals surface area contributed by atoms with Crippen LogP contribution in [0.2, 0.25) is 5.02 Å². The third kappa shape index (κ3) is 3.47. The number of hydrogen-bond donors (Lipinski definition) is 3. The monoisotopic (exact) mass is 344 g/mol. The maximum atomic E-state index is 10.7. The van der Waals surface area contributed by atoms with Crippen molar-refractivity contribution in [3.63, 3.8) is 0 Å². The van der Waals surface area contributed by atoms with Gasteiger partial charge >= 0.3 is 0 Å². The van der Waals surface area contributed by atoms with Crippen molar-refractivity contribution in [1.82, 2.24) is 19.7 Å². The molecule has 1 aromatic carbocycles. The number of nitrogen functional groups attached to an aromatic ring is 1. The molecule has 0 aliphatic carbocycles. The maximum Gasteiger partial charge on any atom is 0.224 e. The fraction of sp³-hybridized carbons (Fsp3) is 0.188. The minimum Gasteiger partial charge on any atom is -0.384 e. The SMILES string of the molecule is CC(O)(CNc1cc(-n2cccn2)nc(N)n1)c1ccccc1Cl. The van der Waals surface area contributed by atoms with Crippen LogP contribution in [0.15, 0.2) is 48.8 Å². The van der Waals surface area contributed by atoms with Crippen LogP contribution in [0.1, 0.15) is 12.5 Å². The second kappa shape index (κ2) is 6.46. The van der Waals surface area contributed by atoms with Gasteiger partial charge in [-0.1, -0.05) is 29.8 Å². The molecule has 1 atom stereocenters. The topological polar surface area (TPSA) is 102 Å². The lowest BCUT2D eigenvalue weighted by Gasteiger charge is -2.25. The predicted molar refractivity (Wildman–Crippen MR) is 93.1 cm³/mol. The van der Waals surface area contributed by atoms with E-state index < -0.39 is 5.60 Å². The number of benzene rings is 1. The van der Waals surface area contributed by atoms with Gasteiger partial charge in [0, 0.05) is 35.6 Å². The molecule has 0 amide bonds.